The molecule has 84 valence electrons. The van der Waals surface area contributed by atoms with Crippen molar-refractivity contribution in [1.82, 2.24) is 4.57 Å². The van der Waals surface area contributed by atoms with Crippen molar-refractivity contribution < 1.29 is 0 Å². The number of nitrogens with zero attached hydrogens (tertiary/aromatic N) is 1. The summed E-state index contributed by atoms with van der Waals surface area (Å²) >= 11 is 0. The molecule has 15 heavy (non-hydrogen) atoms. The van der Waals surface area contributed by atoms with E-state index in [2.05, 4.69) is 37.6 Å². The molecule has 1 unspecified atom stereocenters. The molecule has 1 aliphatic rings. The van der Waals surface area contributed by atoms with E-state index in [0.717, 1.165) is 13.0 Å². The van der Waals surface area contributed by atoms with E-state index in [9.17, 15) is 0 Å². The van der Waals surface area contributed by atoms with Gasteiger partial charge in [0.25, 0.3) is 0 Å². The predicted octanol–water partition coefficient (Wildman–Crippen LogP) is 2.87. The number of fused-ring (bicyclic) bond motifs is 1. The lowest BCUT2D eigenvalue weighted by Crippen LogP contribution is -2.21. The van der Waals surface area contributed by atoms with E-state index in [4.69, 9.17) is 5.73 Å². The standard InChI is InChI=1S/C13H22N2/c1-13(2,3)9-15-8-7-10-11(14)5-4-6-12(10)15/h7-8,11H,4-6,9,14H2,1-3H3. The molecular formula is C13H22N2. The molecule has 1 aromatic rings. The summed E-state index contributed by atoms with van der Waals surface area (Å²) in [7, 11) is 0. The van der Waals surface area contributed by atoms with Gasteiger partial charge in [0.1, 0.15) is 0 Å². The minimum atomic E-state index is 0.273. The van der Waals surface area contributed by atoms with Crippen molar-refractivity contribution in [3.05, 3.63) is 23.5 Å². The smallest absolute Gasteiger partial charge is 0.0312 e. The van der Waals surface area contributed by atoms with Crippen LogP contribution in [-0.4, -0.2) is 4.57 Å². The molecule has 0 saturated carbocycles. The average Bonchev–Trinajstić information content (AvgIpc) is 2.48. The predicted molar refractivity (Wildman–Crippen MR) is 63.8 cm³/mol. The van der Waals surface area contributed by atoms with Crippen molar-refractivity contribution in [2.45, 2.75) is 52.6 Å². The first-order valence-corrected chi connectivity index (χ1v) is 5.91. The molecule has 0 spiro atoms. The quantitative estimate of drug-likeness (QED) is 0.752. The van der Waals surface area contributed by atoms with Crippen molar-refractivity contribution >= 4 is 0 Å². The van der Waals surface area contributed by atoms with Gasteiger partial charge in [-0.05, 0) is 36.3 Å². The maximum Gasteiger partial charge on any atom is 0.0312 e. The fourth-order valence-corrected chi connectivity index (χ4v) is 2.45. The first-order chi connectivity index (χ1) is 6.97. The van der Waals surface area contributed by atoms with Gasteiger partial charge in [-0.1, -0.05) is 20.8 Å². The van der Waals surface area contributed by atoms with Crippen LogP contribution in [0.5, 0.6) is 0 Å². The minimum Gasteiger partial charge on any atom is -0.351 e. The topological polar surface area (TPSA) is 30.9 Å². The molecule has 0 fully saturated rings. The van der Waals surface area contributed by atoms with E-state index in [1.165, 1.54) is 24.1 Å². The molecule has 1 aromatic heterocycles. The number of hydrogen-bond donors (Lipinski definition) is 1. The molecule has 1 heterocycles. The van der Waals surface area contributed by atoms with Crippen molar-refractivity contribution in [3.63, 3.8) is 0 Å². The van der Waals surface area contributed by atoms with Gasteiger partial charge in [-0.25, -0.2) is 0 Å². The van der Waals surface area contributed by atoms with Gasteiger partial charge in [-0.3, -0.25) is 0 Å². The first-order valence-electron chi connectivity index (χ1n) is 5.91. The second-order valence-electron chi connectivity index (χ2n) is 5.91. The number of aromatic nitrogens is 1. The van der Waals surface area contributed by atoms with Gasteiger partial charge in [0, 0.05) is 24.5 Å². The highest BCUT2D eigenvalue weighted by Gasteiger charge is 2.21. The SMILES string of the molecule is CC(C)(C)Cn1ccc2c1CCCC2N. The first kappa shape index (κ1) is 10.7. The Balaban J connectivity index is 2.27. The number of rotatable bonds is 1. The Morgan fingerprint density at radius 3 is 2.87 bits per heavy atom. The summed E-state index contributed by atoms with van der Waals surface area (Å²) in [5.41, 5.74) is 9.31. The zero-order valence-corrected chi connectivity index (χ0v) is 10.1. The van der Waals surface area contributed by atoms with Crippen LogP contribution in [0.15, 0.2) is 12.3 Å². The maximum absolute atomic E-state index is 6.11. The summed E-state index contributed by atoms with van der Waals surface area (Å²) in [5, 5.41) is 0. The van der Waals surface area contributed by atoms with Gasteiger partial charge in [0.15, 0.2) is 0 Å². The highest BCUT2D eigenvalue weighted by Crippen LogP contribution is 2.30. The lowest BCUT2D eigenvalue weighted by Gasteiger charge is -2.25. The van der Waals surface area contributed by atoms with E-state index in [1.807, 2.05) is 0 Å². The van der Waals surface area contributed by atoms with Crippen LogP contribution in [-0.2, 0) is 13.0 Å². The minimum absolute atomic E-state index is 0.273. The van der Waals surface area contributed by atoms with Crippen LogP contribution in [0.4, 0.5) is 0 Å². The van der Waals surface area contributed by atoms with Crippen molar-refractivity contribution in [3.8, 4) is 0 Å². The second kappa shape index (κ2) is 3.67. The Kier molecular flexibility index (Phi) is 2.63. The largest absolute Gasteiger partial charge is 0.351 e. The molecule has 0 amide bonds. The van der Waals surface area contributed by atoms with Gasteiger partial charge < -0.3 is 10.3 Å². The normalized spacial score (nSPS) is 21.5. The van der Waals surface area contributed by atoms with Gasteiger partial charge in [-0.2, -0.15) is 0 Å². The molecule has 0 radical (unpaired) electrons. The Morgan fingerprint density at radius 1 is 1.47 bits per heavy atom. The van der Waals surface area contributed by atoms with Gasteiger partial charge in [0.2, 0.25) is 0 Å². The maximum atomic E-state index is 6.11. The summed E-state index contributed by atoms with van der Waals surface area (Å²) in [4.78, 5) is 0. The van der Waals surface area contributed by atoms with E-state index < -0.39 is 0 Å². The molecule has 2 nitrogen and oxygen atoms in total. The lowest BCUT2D eigenvalue weighted by molar-refractivity contribution is 0.336. The molecule has 2 rings (SSSR count). The Hall–Kier alpha value is -0.760. The fourth-order valence-electron chi connectivity index (χ4n) is 2.45. The second-order valence-corrected chi connectivity index (χ2v) is 5.91. The van der Waals surface area contributed by atoms with Gasteiger partial charge in [-0.15, -0.1) is 0 Å². The molecule has 0 aromatic carbocycles. The van der Waals surface area contributed by atoms with E-state index in [1.54, 1.807) is 0 Å². The number of nitrogens with two attached hydrogens (primary N) is 1. The Bertz CT molecular complexity index is 344. The number of hydrogen-bond acceptors (Lipinski definition) is 1. The van der Waals surface area contributed by atoms with Crippen LogP contribution in [0.3, 0.4) is 0 Å². The summed E-state index contributed by atoms with van der Waals surface area (Å²) in [6, 6.07) is 2.49. The van der Waals surface area contributed by atoms with E-state index in [-0.39, 0.29) is 6.04 Å². The Labute approximate surface area is 92.5 Å². The van der Waals surface area contributed by atoms with Crippen molar-refractivity contribution in [2.75, 3.05) is 0 Å². The van der Waals surface area contributed by atoms with Crippen molar-refractivity contribution in [1.29, 1.82) is 0 Å². The van der Waals surface area contributed by atoms with Crippen LogP contribution in [0.2, 0.25) is 0 Å². The van der Waals surface area contributed by atoms with E-state index in [0.29, 0.717) is 5.41 Å². The van der Waals surface area contributed by atoms with Gasteiger partial charge in [0.05, 0.1) is 0 Å². The van der Waals surface area contributed by atoms with Crippen LogP contribution in [0.25, 0.3) is 0 Å². The van der Waals surface area contributed by atoms with Crippen LogP contribution in [0, 0.1) is 5.41 Å². The van der Waals surface area contributed by atoms with Crippen LogP contribution in [0.1, 0.15) is 50.9 Å². The molecule has 0 saturated heterocycles. The monoisotopic (exact) mass is 206 g/mol. The molecule has 2 heteroatoms. The van der Waals surface area contributed by atoms with E-state index >= 15 is 0 Å². The summed E-state index contributed by atoms with van der Waals surface area (Å²) in [6.07, 6.45) is 5.79. The molecular weight excluding hydrogens is 184 g/mol. The highest BCUT2D eigenvalue weighted by atomic mass is 15.0. The molecule has 0 bridgehead atoms. The fraction of sp³-hybridized carbons (Fsp3) is 0.692. The molecule has 2 N–H and O–H groups in total. The third-order valence-corrected chi connectivity index (χ3v) is 3.09. The summed E-state index contributed by atoms with van der Waals surface area (Å²) < 4.78 is 2.40. The summed E-state index contributed by atoms with van der Waals surface area (Å²) in [6.45, 7) is 7.93. The third kappa shape index (κ3) is 2.25. The zero-order chi connectivity index (χ0) is 11.1. The van der Waals surface area contributed by atoms with Crippen molar-refractivity contribution in [2.24, 2.45) is 11.1 Å². The van der Waals surface area contributed by atoms with Crippen LogP contribution < -0.4 is 5.73 Å². The van der Waals surface area contributed by atoms with Crippen LogP contribution >= 0.6 is 0 Å². The summed E-state index contributed by atoms with van der Waals surface area (Å²) in [5.74, 6) is 0. The molecule has 0 aliphatic heterocycles. The molecule has 1 aliphatic carbocycles. The average molecular weight is 206 g/mol. The third-order valence-electron chi connectivity index (χ3n) is 3.09. The highest BCUT2D eigenvalue weighted by molar-refractivity contribution is 5.28. The Morgan fingerprint density at radius 2 is 2.20 bits per heavy atom. The van der Waals surface area contributed by atoms with Gasteiger partial charge >= 0.3 is 0 Å². The molecule has 1 atom stereocenters. The zero-order valence-electron chi connectivity index (χ0n) is 10.1. The lowest BCUT2D eigenvalue weighted by atomic mass is 9.92.